The predicted octanol–water partition coefficient (Wildman–Crippen LogP) is 10.8. The molecule has 1 aromatic heterocycles. The van der Waals surface area contributed by atoms with Gasteiger partial charge in [0.2, 0.25) is 0 Å². The van der Waals surface area contributed by atoms with E-state index >= 15 is 4.39 Å². The van der Waals surface area contributed by atoms with Gasteiger partial charge in [0.25, 0.3) is 0 Å². The van der Waals surface area contributed by atoms with Gasteiger partial charge in [-0.2, -0.15) is 35.9 Å². The van der Waals surface area contributed by atoms with Gasteiger partial charge in [0.1, 0.15) is 11.5 Å². The van der Waals surface area contributed by atoms with E-state index in [9.17, 15) is 0 Å². The summed E-state index contributed by atoms with van der Waals surface area (Å²) in [6.07, 6.45) is 0. The Labute approximate surface area is 363 Å². The van der Waals surface area contributed by atoms with Gasteiger partial charge in [-0.15, -0.1) is 10.4 Å². The summed E-state index contributed by atoms with van der Waals surface area (Å²) in [5, 5.41) is 16.2. The van der Waals surface area contributed by atoms with Crippen molar-refractivity contribution in [3.63, 3.8) is 0 Å². The smallest absolute Gasteiger partial charge is 0.249 e. The zero-order valence-corrected chi connectivity index (χ0v) is 38.3. The van der Waals surface area contributed by atoms with Gasteiger partial charge >= 0.3 is 17.1 Å². The third-order valence-corrected chi connectivity index (χ3v) is 15.1. The molecule has 0 fully saturated rings. The third kappa shape index (κ3) is 10.0. The van der Waals surface area contributed by atoms with Crippen LogP contribution in [-0.2, 0) is 17.1 Å². The molecular formula is C52H52FFeN3P2. The number of nitrogens with zero attached hydrogens (tertiary/aromatic N) is 3. The average Bonchev–Trinajstić information content (AvgIpc) is 3.95. The van der Waals surface area contributed by atoms with Crippen LogP contribution in [0.4, 0.5) is 4.39 Å². The van der Waals surface area contributed by atoms with Crippen LogP contribution in [0.15, 0.2) is 146 Å². The Bertz CT molecular complexity index is 2470. The topological polar surface area (TPSA) is 30.7 Å². The second kappa shape index (κ2) is 19.1. The van der Waals surface area contributed by atoms with E-state index < -0.39 is 15.8 Å². The van der Waals surface area contributed by atoms with Crippen LogP contribution in [0.1, 0.15) is 63.0 Å². The largest absolute Gasteiger partial charge is 2.00 e. The Morgan fingerprint density at radius 3 is 1.37 bits per heavy atom. The number of benzene rings is 5. The zero-order chi connectivity index (χ0) is 41.1. The van der Waals surface area contributed by atoms with E-state index in [1.807, 2.05) is 42.5 Å². The summed E-state index contributed by atoms with van der Waals surface area (Å²) < 4.78 is 18.0. The van der Waals surface area contributed by atoms with Crippen molar-refractivity contribution in [3.05, 3.63) is 201 Å². The molecule has 7 aromatic carbocycles. The third-order valence-electron chi connectivity index (χ3n) is 10.3. The van der Waals surface area contributed by atoms with Crippen LogP contribution in [0.2, 0.25) is 0 Å². The molecule has 59 heavy (non-hydrogen) atoms. The zero-order valence-electron chi connectivity index (χ0n) is 35.4. The monoisotopic (exact) mass is 855 g/mol. The minimum absolute atomic E-state index is 0. The Balaban J connectivity index is 0.000000908. The molecule has 0 saturated carbocycles. The molecular weight excluding hydrogens is 803 g/mol. The van der Waals surface area contributed by atoms with Crippen molar-refractivity contribution in [3.8, 4) is 11.3 Å². The maximum absolute atomic E-state index is 15.9. The van der Waals surface area contributed by atoms with Crippen LogP contribution >= 0.6 is 15.8 Å². The van der Waals surface area contributed by atoms with Crippen LogP contribution in [0.5, 0.6) is 0 Å². The van der Waals surface area contributed by atoms with Crippen LogP contribution in [0, 0.1) is 61.2 Å². The quantitative estimate of drug-likeness (QED) is 0.0823. The molecule has 1 atom stereocenters. The molecule has 0 saturated heterocycles. The summed E-state index contributed by atoms with van der Waals surface area (Å²) in [6, 6.07) is 51.0. The molecule has 8 aromatic rings. The van der Waals surface area contributed by atoms with Gasteiger partial charge < -0.3 is 0 Å². The van der Waals surface area contributed by atoms with Crippen LogP contribution < -0.4 is 32.0 Å². The molecule has 0 radical (unpaired) electrons. The van der Waals surface area contributed by atoms with Crippen molar-refractivity contribution in [2.24, 2.45) is 0 Å². The molecule has 300 valence electrons. The van der Waals surface area contributed by atoms with E-state index in [0.29, 0.717) is 11.3 Å². The first kappa shape index (κ1) is 43.8. The maximum Gasteiger partial charge on any atom is 2.00 e. The van der Waals surface area contributed by atoms with E-state index in [1.54, 1.807) is 6.07 Å². The van der Waals surface area contributed by atoms with Crippen molar-refractivity contribution in [1.82, 2.24) is 15.0 Å². The van der Waals surface area contributed by atoms with Gasteiger partial charge in [0, 0.05) is 19.5 Å². The maximum atomic E-state index is 15.9. The Morgan fingerprint density at radius 2 is 0.966 bits per heavy atom. The van der Waals surface area contributed by atoms with Gasteiger partial charge in [0.15, 0.2) is 0 Å². The van der Waals surface area contributed by atoms with E-state index in [4.69, 9.17) is 10.3 Å². The van der Waals surface area contributed by atoms with Crippen molar-refractivity contribution in [2.75, 3.05) is 0 Å². The number of hydrogen-bond donors (Lipinski definition) is 0. The molecule has 0 N–H and O–H groups in total. The molecule has 0 spiro atoms. The molecule has 1 heterocycles. The molecule has 0 unspecified atom stereocenters. The summed E-state index contributed by atoms with van der Waals surface area (Å²) in [5.74, 6) is -0.300. The molecule has 0 aliphatic heterocycles. The average molecular weight is 856 g/mol. The second-order valence-corrected chi connectivity index (χ2v) is 20.1. The second-order valence-electron chi connectivity index (χ2n) is 15.7. The van der Waals surface area contributed by atoms with Crippen LogP contribution in [-0.4, -0.2) is 15.0 Å². The summed E-state index contributed by atoms with van der Waals surface area (Å²) in [4.78, 5) is 0. The summed E-state index contributed by atoms with van der Waals surface area (Å²) in [5.41, 5.74) is 13.1. The Hall–Kier alpha value is -4.75. The van der Waals surface area contributed by atoms with Crippen LogP contribution in [0.3, 0.4) is 0 Å². The fraction of sp³-hybridized carbons (Fsp3) is 0.192. The molecule has 0 aliphatic rings. The predicted molar refractivity (Wildman–Crippen MR) is 249 cm³/mol. The minimum Gasteiger partial charge on any atom is -0.249 e. The SMILES string of the molecule is Cc1cc(C)cc(P(c2cc(C)cc(C)c2)c2[cH-]ccc2[C@H](C)n2nnc(-c3ccccc3F)c2P(c2cc(C)cc(C)c2)c2cc(C)cc(C)c2)c1.[Fe+2].c1cc[cH-]c1. The van der Waals surface area contributed by atoms with Gasteiger partial charge in [-0.05, 0) is 96.7 Å². The Kier molecular flexibility index (Phi) is 14.2. The van der Waals surface area contributed by atoms with E-state index in [1.165, 1.54) is 82.7 Å². The van der Waals surface area contributed by atoms with Crippen molar-refractivity contribution in [1.29, 1.82) is 0 Å². The molecule has 3 nitrogen and oxygen atoms in total. The van der Waals surface area contributed by atoms with Crippen molar-refractivity contribution < 1.29 is 21.5 Å². The minimum atomic E-state index is -1.21. The van der Waals surface area contributed by atoms with Gasteiger partial charge in [0.05, 0.1) is 5.44 Å². The Morgan fingerprint density at radius 1 is 0.542 bits per heavy atom. The number of aromatic nitrogens is 3. The normalized spacial score (nSPS) is 11.7. The van der Waals surface area contributed by atoms with Crippen molar-refractivity contribution in [2.45, 2.75) is 68.4 Å². The fourth-order valence-corrected chi connectivity index (χ4v) is 14.0. The van der Waals surface area contributed by atoms with E-state index in [2.05, 4.69) is 158 Å². The first-order valence-electron chi connectivity index (χ1n) is 19.9. The standard InChI is InChI=1S/C47H47FN3P2.C5H5.Fe/c1-29-17-30(2)22-38(21-29)52(39-23-31(3)18-32(4)24-39)45-16-12-14-42(45)37(9)51-47(46(49-50-51)43-13-10-11-15-44(43)48)53(40-25-33(5)19-34(6)26-40)41-27-35(7)20-36(8)28-41;1-2-4-5-3-1;/h10-28,37H,1-9H3;1-5H;/q2*-1;+2/t37-;;/m0../s1. The molecule has 0 bridgehead atoms. The van der Waals surface area contributed by atoms with Crippen LogP contribution in [0.25, 0.3) is 11.3 Å². The molecule has 8 rings (SSSR count). The van der Waals surface area contributed by atoms with Gasteiger partial charge in [-0.3, -0.25) is 0 Å². The number of aryl methyl sites for hydroxylation is 8. The number of rotatable bonds is 9. The first-order chi connectivity index (χ1) is 27.9. The number of hydrogen-bond acceptors (Lipinski definition) is 2. The number of halogens is 1. The van der Waals surface area contributed by atoms with E-state index in [0.717, 1.165) is 5.44 Å². The summed E-state index contributed by atoms with van der Waals surface area (Å²) >= 11 is 0. The summed E-state index contributed by atoms with van der Waals surface area (Å²) in [7, 11) is -2.12. The molecule has 0 amide bonds. The summed E-state index contributed by atoms with van der Waals surface area (Å²) in [6.45, 7) is 19.6. The fourth-order valence-electron chi connectivity index (χ4n) is 8.16. The first-order valence-corrected chi connectivity index (χ1v) is 22.6. The molecule has 0 aliphatic carbocycles. The molecule has 7 heteroatoms. The van der Waals surface area contributed by atoms with Gasteiger partial charge in [-0.25, -0.2) is 27.3 Å². The van der Waals surface area contributed by atoms with E-state index in [-0.39, 0.29) is 28.9 Å². The van der Waals surface area contributed by atoms with Crippen molar-refractivity contribution >= 4 is 47.8 Å². The van der Waals surface area contributed by atoms with Gasteiger partial charge in [-0.1, -0.05) is 142 Å².